The molecule has 1 heterocycles. The van der Waals surface area contributed by atoms with Gasteiger partial charge >= 0.3 is 11.9 Å². The third-order valence-corrected chi connectivity index (χ3v) is 4.57. The predicted octanol–water partition coefficient (Wildman–Crippen LogP) is 4.00. The molecule has 0 bridgehead atoms. The van der Waals surface area contributed by atoms with Crippen LogP contribution in [-0.2, 0) is 19.8 Å². The first-order chi connectivity index (χ1) is 13.6. The SMILES string of the molecule is Cc1ccc(C(F)(F)F)c(OCc2c(C(C)C)cccc2-n2nnn(C)c2=O)c1. The molecule has 0 amide bonds. The van der Waals surface area contributed by atoms with Crippen molar-refractivity contribution in [3.63, 3.8) is 0 Å². The number of ether oxygens (including phenoxy) is 1. The van der Waals surface area contributed by atoms with Crippen molar-refractivity contribution in [3.8, 4) is 11.4 Å². The summed E-state index contributed by atoms with van der Waals surface area (Å²) in [5.41, 5.74) is 1.20. The van der Waals surface area contributed by atoms with E-state index in [-0.39, 0.29) is 18.3 Å². The molecule has 0 N–H and O–H groups in total. The van der Waals surface area contributed by atoms with Gasteiger partial charge in [0.2, 0.25) is 0 Å². The number of hydrogen-bond acceptors (Lipinski definition) is 4. The van der Waals surface area contributed by atoms with Gasteiger partial charge in [0.15, 0.2) is 0 Å². The first-order valence-corrected chi connectivity index (χ1v) is 9.01. The zero-order valence-corrected chi connectivity index (χ0v) is 16.5. The quantitative estimate of drug-likeness (QED) is 0.643. The Bertz CT molecular complexity index is 1080. The van der Waals surface area contributed by atoms with Gasteiger partial charge in [-0.25, -0.2) is 4.79 Å². The van der Waals surface area contributed by atoms with E-state index in [1.165, 1.54) is 19.2 Å². The number of aromatic nitrogens is 4. The van der Waals surface area contributed by atoms with Gasteiger partial charge in [0.1, 0.15) is 12.4 Å². The lowest BCUT2D eigenvalue weighted by atomic mass is 9.96. The molecule has 0 fully saturated rings. The van der Waals surface area contributed by atoms with Crippen molar-refractivity contribution in [2.75, 3.05) is 0 Å². The standard InChI is InChI=1S/C20H21F3N4O2/c1-12(2)14-6-5-7-17(27-19(28)26(4)24-25-27)15(14)11-29-18-10-13(3)8-9-16(18)20(21,22)23/h5-10,12H,11H2,1-4H3. The van der Waals surface area contributed by atoms with Crippen LogP contribution in [0.4, 0.5) is 13.2 Å². The average Bonchev–Trinajstić information content (AvgIpc) is 2.97. The molecular weight excluding hydrogens is 385 g/mol. The molecule has 0 atom stereocenters. The first kappa shape index (κ1) is 20.6. The van der Waals surface area contributed by atoms with Gasteiger partial charge in [-0.3, -0.25) is 0 Å². The van der Waals surface area contributed by atoms with Crippen LogP contribution in [0.3, 0.4) is 0 Å². The Hall–Kier alpha value is -3.10. The zero-order valence-electron chi connectivity index (χ0n) is 16.5. The molecule has 9 heteroatoms. The fraction of sp³-hybridized carbons (Fsp3) is 0.350. The van der Waals surface area contributed by atoms with E-state index in [1.54, 1.807) is 19.1 Å². The van der Waals surface area contributed by atoms with Gasteiger partial charge in [-0.2, -0.15) is 22.5 Å². The fourth-order valence-electron chi connectivity index (χ4n) is 3.09. The van der Waals surface area contributed by atoms with Crippen LogP contribution in [-0.4, -0.2) is 19.8 Å². The summed E-state index contributed by atoms with van der Waals surface area (Å²) in [7, 11) is 1.47. The van der Waals surface area contributed by atoms with E-state index in [2.05, 4.69) is 10.4 Å². The summed E-state index contributed by atoms with van der Waals surface area (Å²) < 4.78 is 47.9. The van der Waals surface area contributed by atoms with E-state index in [9.17, 15) is 18.0 Å². The summed E-state index contributed by atoms with van der Waals surface area (Å²) in [6.45, 7) is 5.45. The molecule has 1 aromatic heterocycles. The Morgan fingerprint density at radius 1 is 1.14 bits per heavy atom. The number of rotatable bonds is 5. The largest absolute Gasteiger partial charge is 0.488 e. The van der Waals surface area contributed by atoms with Crippen molar-refractivity contribution >= 4 is 0 Å². The Kier molecular flexibility index (Phi) is 5.50. The van der Waals surface area contributed by atoms with Crippen molar-refractivity contribution in [1.82, 2.24) is 19.8 Å². The fourth-order valence-corrected chi connectivity index (χ4v) is 3.09. The number of tetrazole rings is 1. The first-order valence-electron chi connectivity index (χ1n) is 9.01. The van der Waals surface area contributed by atoms with Gasteiger partial charge in [-0.1, -0.05) is 32.0 Å². The van der Waals surface area contributed by atoms with Gasteiger partial charge in [0, 0.05) is 12.6 Å². The van der Waals surface area contributed by atoms with E-state index in [0.29, 0.717) is 16.8 Å². The maximum atomic E-state index is 13.4. The van der Waals surface area contributed by atoms with E-state index < -0.39 is 17.4 Å². The molecule has 0 saturated carbocycles. The highest BCUT2D eigenvalue weighted by Gasteiger charge is 2.34. The summed E-state index contributed by atoms with van der Waals surface area (Å²) in [5, 5.41) is 7.57. The van der Waals surface area contributed by atoms with Crippen LogP contribution in [0.1, 0.15) is 42.0 Å². The van der Waals surface area contributed by atoms with Crippen molar-refractivity contribution < 1.29 is 17.9 Å². The van der Waals surface area contributed by atoms with Crippen molar-refractivity contribution in [2.24, 2.45) is 7.05 Å². The molecule has 0 spiro atoms. The average molecular weight is 406 g/mol. The number of aryl methyl sites for hydroxylation is 2. The third-order valence-electron chi connectivity index (χ3n) is 4.57. The minimum absolute atomic E-state index is 0.0560. The minimum Gasteiger partial charge on any atom is -0.488 e. The van der Waals surface area contributed by atoms with Crippen molar-refractivity contribution in [1.29, 1.82) is 0 Å². The van der Waals surface area contributed by atoms with Crippen molar-refractivity contribution in [3.05, 3.63) is 69.1 Å². The molecule has 2 aromatic carbocycles. The molecule has 0 aliphatic carbocycles. The summed E-state index contributed by atoms with van der Waals surface area (Å²) in [5.74, 6) is -0.200. The highest BCUT2D eigenvalue weighted by molar-refractivity contribution is 5.47. The number of halogens is 3. The van der Waals surface area contributed by atoms with Crippen LogP contribution in [0.15, 0.2) is 41.2 Å². The molecule has 3 aromatic rings. The molecular formula is C20H21F3N4O2. The van der Waals surface area contributed by atoms with Gasteiger partial charge in [-0.05, 0) is 52.6 Å². The Morgan fingerprint density at radius 2 is 1.86 bits per heavy atom. The van der Waals surface area contributed by atoms with E-state index >= 15 is 0 Å². The smallest absolute Gasteiger partial charge is 0.419 e. The molecule has 0 unspecified atom stereocenters. The monoisotopic (exact) mass is 406 g/mol. The van der Waals surface area contributed by atoms with Crippen LogP contribution in [0, 0.1) is 6.92 Å². The molecule has 154 valence electrons. The number of benzene rings is 2. The predicted molar refractivity (Wildman–Crippen MR) is 101 cm³/mol. The maximum Gasteiger partial charge on any atom is 0.419 e. The second-order valence-electron chi connectivity index (χ2n) is 7.08. The lowest BCUT2D eigenvalue weighted by molar-refractivity contribution is -0.139. The maximum absolute atomic E-state index is 13.4. The second kappa shape index (κ2) is 7.73. The Labute approximate surface area is 165 Å². The Morgan fingerprint density at radius 3 is 2.45 bits per heavy atom. The van der Waals surface area contributed by atoms with Crippen molar-refractivity contribution in [2.45, 2.75) is 39.5 Å². The molecule has 0 radical (unpaired) electrons. The van der Waals surface area contributed by atoms with E-state index in [0.717, 1.165) is 21.0 Å². The van der Waals surface area contributed by atoms with Gasteiger partial charge in [-0.15, -0.1) is 0 Å². The molecule has 3 rings (SSSR count). The highest BCUT2D eigenvalue weighted by atomic mass is 19.4. The van der Waals surface area contributed by atoms with Gasteiger partial charge < -0.3 is 4.74 Å². The van der Waals surface area contributed by atoms with E-state index in [4.69, 9.17) is 4.74 Å². The van der Waals surface area contributed by atoms with E-state index in [1.807, 2.05) is 19.9 Å². The molecule has 0 aliphatic heterocycles. The highest BCUT2D eigenvalue weighted by Crippen LogP contribution is 2.37. The molecule has 6 nitrogen and oxygen atoms in total. The normalized spacial score (nSPS) is 11.9. The summed E-state index contributed by atoms with van der Waals surface area (Å²) in [4.78, 5) is 12.3. The van der Waals surface area contributed by atoms with Crippen LogP contribution in [0.5, 0.6) is 5.75 Å². The molecule has 29 heavy (non-hydrogen) atoms. The Balaban J connectivity index is 2.07. The number of nitrogens with zero attached hydrogens (tertiary/aromatic N) is 4. The van der Waals surface area contributed by atoms with Crippen LogP contribution in [0.25, 0.3) is 5.69 Å². The minimum atomic E-state index is -4.54. The summed E-state index contributed by atoms with van der Waals surface area (Å²) >= 11 is 0. The number of hydrogen-bond donors (Lipinski definition) is 0. The summed E-state index contributed by atoms with van der Waals surface area (Å²) in [6, 6.07) is 9.05. The van der Waals surface area contributed by atoms with Crippen LogP contribution >= 0.6 is 0 Å². The number of alkyl halides is 3. The third kappa shape index (κ3) is 4.18. The lowest BCUT2D eigenvalue weighted by Gasteiger charge is -2.19. The topological polar surface area (TPSA) is 61.9 Å². The molecule has 0 saturated heterocycles. The second-order valence-corrected chi connectivity index (χ2v) is 7.08. The summed E-state index contributed by atoms with van der Waals surface area (Å²) in [6.07, 6.45) is -4.54. The van der Waals surface area contributed by atoms with Crippen LogP contribution in [0.2, 0.25) is 0 Å². The zero-order chi connectivity index (χ0) is 21.3. The lowest BCUT2D eigenvalue weighted by Crippen LogP contribution is -2.23. The van der Waals surface area contributed by atoms with Gasteiger partial charge in [0.25, 0.3) is 0 Å². The molecule has 0 aliphatic rings. The van der Waals surface area contributed by atoms with Crippen LogP contribution < -0.4 is 10.4 Å². The van der Waals surface area contributed by atoms with Gasteiger partial charge in [0.05, 0.1) is 11.3 Å².